The summed E-state index contributed by atoms with van der Waals surface area (Å²) in [4.78, 5) is 12.4. The number of aryl methyl sites for hydroxylation is 1. The van der Waals surface area contributed by atoms with Crippen molar-refractivity contribution in [1.82, 2.24) is 24.8 Å². The standard InChI is InChI=1S/C17H23N5O/c1-11-21-15-10-20-17-14(5-6-19-17)16(15)22(11)13-4-3-12(9-13)18-7-8-23-2/h5-6,10,12-13,18H,3-4,7-9H2,1-2H3,(H,19,20). The van der Waals surface area contributed by atoms with Gasteiger partial charge in [0.2, 0.25) is 0 Å². The van der Waals surface area contributed by atoms with Crippen molar-refractivity contribution in [3.05, 3.63) is 24.3 Å². The summed E-state index contributed by atoms with van der Waals surface area (Å²) in [6.45, 7) is 3.79. The van der Waals surface area contributed by atoms with Gasteiger partial charge < -0.3 is 19.6 Å². The van der Waals surface area contributed by atoms with Crippen LogP contribution in [0.2, 0.25) is 0 Å². The first-order chi connectivity index (χ1) is 11.3. The number of aromatic amines is 1. The molecule has 2 atom stereocenters. The van der Waals surface area contributed by atoms with Crippen LogP contribution in [0.3, 0.4) is 0 Å². The highest BCUT2D eigenvalue weighted by Crippen LogP contribution is 2.35. The lowest BCUT2D eigenvalue weighted by molar-refractivity contribution is 0.195. The zero-order valence-electron chi connectivity index (χ0n) is 13.7. The van der Waals surface area contributed by atoms with Gasteiger partial charge in [0.05, 0.1) is 18.3 Å². The first-order valence-electron chi connectivity index (χ1n) is 8.31. The molecule has 0 bridgehead atoms. The highest BCUT2D eigenvalue weighted by Gasteiger charge is 2.28. The van der Waals surface area contributed by atoms with Gasteiger partial charge in [-0.25, -0.2) is 9.97 Å². The van der Waals surface area contributed by atoms with Gasteiger partial charge in [0.25, 0.3) is 0 Å². The van der Waals surface area contributed by atoms with Crippen molar-refractivity contribution >= 4 is 22.1 Å². The maximum absolute atomic E-state index is 5.13. The van der Waals surface area contributed by atoms with Gasteiger partial charge in [0, 0.05) is 37.3 Å². The molecule has 0 aliphatic heterocycles. The Morgan fingerprint density at radius 3 is 3.22 bits per heavy atom. The van der Waals surface area contributed by atoms with Gasteiger partial charge in [-0.3, -0.25) is 0 Å². The number of hydrogen-bond donors (Lipinski definition) is 2. The quantitative estimate of drug-likeness (QED) is 0.710. The number of nitrogens with one attached hydrogen (secondary N) is 2. The molecule has 2 N–H and O–H groups in total. The molecule has 3 aromatic heterocycles. The summed E-state index contributed by atoms with van der Waals surface area (Å²) in [5.74, 6) is 1.08. The molecule has 23 heavy (non-hydrogen) atoms. The SMILES string of the molecule is COCCNC1CCC(n2c(C)nc3cnc4[nH]ccc4c32)C1. The third kappa shape index (κ3) is 2.52. The highest BCUT2D eigenvalue weighted by atomic mass is 16.5. The van der Waals surface area contributed by atoms with E-state index in [2.05, 4.69) is 32.8 Å². The van der Waals surface area contributed by atoms with Gasteiger partial charge in [0.1, 0.15) is 17.0 Å². The van der Waals surface area contributed by atoms with E-state index in [1.54, 1.807) is 7.11 Å². The molecule has 0 spiro atoms. The minimum Gasteiger partial charge on any atom is -0.383 e. The summed E-state index contributed by atoms with van der Waals surface area (Å²) in [7, 11) is 1.75. The molecule has 3 aromatic rings. The van der Waals surface area contributed by atoms with Gasteiger partial charge in [-0.05, 0) is 32.3 Å². The van der Waals surface area contributed by atoms with Crippen molar-refractivity contribution in [3.63, 3.8) is 0 Å². The van der Waals surface area contributed by atoms with Crippen molar-refractivity contribution in [2.75, 3.05) is 20.3 Å². The van der Waals surface area contributed by atoms with Crippen molar-refractivity contribution in [2.24, 2.45) is 0 Å². The molecule has 0 saturated heterocycles. The second-order valence-electron chi connectivity index (χ2n) is 6.37. The van der Waals surface area contributed by atoms with Crippen LogP contribution in [0.25, 0.3) is 22.1 Å². The summed E-state index contributed by atoms with van der Waals surface area (Å²) in [5, 5.41) is 4.76. The van der Waals surface area contributed by atoms with Gasteiger partial charge in [-0.2, -0.15) is 0 Å². The Labute approximate surface area is 135 Å². The lowest BCUT2D eigenvalue weighted by Gasteiger charge is -2.17. The molecule has 2 unspecified atom stereocenters. The molecule has 0 amide bonds. The highest BCUT2D eigenvalue weighted by molar-refractivity contribution is 6.01. The maximum atomic E-state index is 5.13. The van der Waals surface area contributed by atoms with E-state index in [-0.39, 0.29) is 0 Å². The topological polar surface area (TPSA) is 67.8 Å². The van der Waals surface area contributed by atoms with E-state index in [1.165, 1.54) is 23.7 Å². The first-order valence-corrected chi connectivity index (χ1v) is 8.31. The summed E-state index contributed by atoms with van der Waals surface area (Å²) in [6.07, 6.45) is 7.36. The molecule has 6 nitrogen and oxygen atoms in total. The number of aromatic nitrogens is 4. The van der Waals surface area contributed by atoms with Gasteiger partial charge in [-0.15, -0.1) is 0 Å². The molecule has 1 aliphatic rings. The first kappa shape index (κ1) is 14.7. The second-order valence-corrected chi connectivity index (χ2v) is 6.37. The molecular weight excluding hydrogens is 290 g/mol. The fraction of sp³-hybridized carbons (Fsp3) is 0.529. The zero-order chi connectivity index (χ0) is 15.8. The minimum atomic E-state index is 0.501. The zero-order valence-corrected chi connectivity index (χ0v) is 13.7. The summed E-state index contributed by atoms with van der Waals surface area (Å²) in [6, 6.07) is 3.17. The molecule has 122 valence electrons. The Balaban J connectivity index is 1.66. The Morgan fingerprint density at radius 1 is 1.43 bits per heavy atom. The largest absolute Gasteiger partial charge is 0.383 e. The van der Waals surface area contributed by atoms with E-state index >= 15 is 0 Å². The van der Waals surface area contributed by atoms with Crippen molar-refractivity contribution < 1.29 is 4.74 Å². The molecule has 6 heteroatoms. The van der Waals surface area contributed by atoms with E-state index in [9.17, 15) is 0 Å². The van der Waals surface area contributed by atoms with Gasteiger partial charge in [-0.1, -0.05) is 0 Å². The van der Waals surface area contributed by atoms with Crippen LogP contribution >= 0.6 is 0 Å². The van der Waals surface area contributed by atoms with E-state index < -0.39 is 0 Å². The van der Waals surface area contributed by atoms with E-state index in [4.69, 9.17) is 9.72 Å². The second kappa shape index (κ2) is 5.94. The van der Waals surface area contributed by atoms with Crippen LogP contribution in [0.5, 0.6) is 0 Å². The number of methoxy groups -OCH3 is 1. The predicted molar refractivity (Wildman–Crippen MR) is 90.7 cm³/mol. The van der Waals surface area contributed by atoms with E-state index in [0.29, 0.717) is 12.1 Å². The fourth-order valence-electron chi connectivity index (χ4n) is 3.90. The minimum absolute atomic E-state index is 0.501. The lowest BCUT2D eigenvalue weighted by atomic mass is 10.2. The lowest BCUT2D eigenvalue weighted by Crippen LogP contribution is -2.29. The normalized spacial score (nSPS) is 21.7. The number of imidazole rings is 1. The van der Waals surface area contributed by atoms with Crippen LogP contribution in [0.15, 0.2) is 18.5 Å². The van der Waals surface area contributed by atoms with E-state index in [1.807, 2.05) is 12.4 Å². The van der Waals surface area contributed by atoms with Gasteiger partial charge in [0.15, 0.2) is 0 Å². The summed E-state index contributed by atoms with van der Waals surface area (Å²) in [5.41, 5.74) is 3.15. The number of pyridine rings is 1. The molecular formula is C17H23N5O. The van der Waals surface area contributed by atoms with Crippen molar-refractivity contribution in [3.8, 4) is 0 Å². The Hall–Kier alpha value is -1.92. The number of nitrogens with zero attached hydrogens (tertiary/aromatic N) is 3. The monoisotopic (exact) mass is 313 g/mol. The predicted octanol–water partition coefficient (Wildman–Crippen LogP) is 2.55. The van der Waals surface area contributed by atoms with Crippen LogP contribution in [-0.4, -0.2) is 45.8 Å². The number of H-pyrrole nitrogens is 1. The summed E-state index contributed by atoms with van der Waals surface area (Å²) >= 11 is 0. The van der Waals surface area contributed by atoms with Crippen molar-refractivity contribution in [1.29, 1.82) is 0 Å². The number of fused-ring (bicyclic) bond motifs is 3. The van der Waals surface area contributed by atoms with Crippen LogP contribution in [0.1, 0.15) is 31.1 Å². The molecule has 0 radical (unpaired) electrons. The Bertz CT molecular complexity index is 821. The number of hydrogen-bond acceptors (Lipinski definition) is 4. The number of rotatable bonds is 5. The summed E-state index contributed by atoms with van der Waals surface area (Å²) < 4.78 is 7.55. The van der Waals surface area contributed by atoms with Crippen LogP contribution in [-0.2, 0) is 4.74 Å². The molecule has 3 heterocycles. The maximum Gasteiger partial charge on any atom is 0.139 e. The molecule has 1 fully saturated rings. The Kier molecular flexibility index (Phi) is 3.79. The van der Waals surface area contributed by atoms with E-state index in [0.717, 1.165) is 36.6 Å². The molecule has 1 aliphatic carbocycles. The molecule has 1 saturated carbocycles. The molecule has 4 rings (SSSR count). The van der Waals surface area contributed by atoms with Crippen LogP contribution in [0, 0.1) is 6.92 Å². The number of ether oxygens (including phenoxy) is 1. The Morgan fingerprint density at radius 2 is 2.35 bits per heavy atom. The molecule has 0 aromatic carbocycles. The van der Waals surface area contributed by atoms with Crippen LogP contribution < -0.4 is 5.32 Å². The van der Waals surface area contributed by atoms with Gasteiger partial charge >= 0.3 is 0 Å². The fourth-order valence-corrected chi connectivity index (χ4v) is 3.90. The average molecular weight is 313 g/mol. The van der Waals surface area contributed by atoms with Crippen LogP contribution in [0.4, 0.5) is 0 Å². The average Bonchev–Trinajstić information content (AvgIpc) is 3.23. The third-order valence-corrected chi connectivity index (χ3v) is 4.92. The smallest absolute Gasteiger partial charge is 0.139 e. The van der Waals surface area contributed by atoms with Crippen molar-refractivity contribution in [2.45, 2.75) is 38.3 Å². The third-order valence-electron chi connectivity index (χ3n) is 4.92.